The van der Waals surface area contributed by atoms with Gasteiger partial charge in [0.25, 0.3) is 0 Å². The molecule has 0 saturated carbocycles. The first kappa shape index (κ1) is 33.0. The molecule has 0 aromatic heterocycles. The molecule has 27 heavy (non-hydrogen) atoms. The minimum Gasteiger partial charge on any atom is -0.481 e. The van der Waals surface area contributed by atoms with E-state index < -0.39 is 22.5 Å². The van der Waals surface area contributed by atoms with Crippen LogP contribution in [0, 0.1) is 0 Å². The summed E-state index contributed by atoms with van der Waals surface area (Å²) in [6.07, 6.45) is 13.3. The SMILES string of the molecule is CCCCCCCCCC(CCCCCCCC(=O)O)OS(=O)(=O)O.[Na].[Na]. The largest absolute Gasteiger partial charge is 0.481 e. The zero-order valence-corrected chi connectivity index (χ0v) is 22.4. The van der Waals surface area contributed by atoms with E-state index in [0.29, 0.717) is 19.3 Å². The van der Waals surface area contributed by atoms with Crippen molar-refractivity contribution < 1.29 is 27.1 Å². The predicted octanol–water partition coefficient (Wildman–Crippen LogP) is 4.37. The first-order valence-electron chi connectivity index (χ1n) is 9.72. The molecule has 0 fully saturated rings. The molecule has 0 heterocycles. The molecule has 0 aromatic rings. The fraction of sp³-hybridized carbons (Fsp3) is 0.944. The van der Waals surface area contributed by atoms with E-state index >= 15 is 0 Å². The number of hydrogen-bond acceptors (Lipinski definition) is 4. The van der Waals surface area contributed by atoms with Crippen molar-refractivity contribution in [3.05, 3.63) is 0 Å². The summed E-state index contributed by atoms with van der Waals surface area (Å²) in [7, 11) is -4.40. The number of carbonyl (C=O) groups is 1. The molecule has 6 nitrogen and oxygen atoms in total. The molecule has 0 rings (SSSR count). The Morgan fingerprint density at radius 3 is 1.63 bits per heavy atom. The summed E-state index contributed by atoms with van der Waals surface area (Å²) in [5.74, 6) is -0.767. The van der Waals surface area contributed by atoms with Crippen LogP contribution >= 0.6 is 0 Å². The molecule has 152 valence electrons. The molecule has 0 amide bonds. The van der Waals surface area contributed by atoms with Crippen LogP contribution in [0.4, 0.5) is 0 Å². The van der Waals surface area contributed by atoms with Crippen molar-refractivity contribution in [2.75, 3.05) is 0 Å². The van der Waals surface area contributed by atoms with Gasteiger partial charge in [0, 0.05) is 65.5 Å². The van der Waals surface area contributed by atoms with Gasteiger partial charge in [-0.05, 0) is 19.3 Å². The van der Waals surface area contributed by atoms with Gasteiger partial charge in [-0.15, -0.1) is 0 Å². The van der Waals surface area contributed by atoms with Gasteiger partial charge in [-0.3, -0.25) is 9.35 Å². The normalized spacial score (nSPS) is 12.1. The van der Waals surface area contributed by atoms with Crippen LogP contribution in [0.5, 0.6) is 0 Å². The van der Waals surface area contributed by atoms with Crippen LogP contribution in [-0.4, -0.2) is 89.3 Å². The summed E-state index contributed by atoms with van der Waals surface area (Å²) in [5, 5.41) is 8.56. The molecule has 2 radical (unpaired) electrons. The molecule has 9 heteroatoms. The maximum atomic E-state index is 11.0. The molecule has 1 unspecified atom stereocenters. The number of unbranched alkanes of at least 4 members (excludes halogenated alkanes) is 10. The van der Waals surface area contributed by atoms with Gasteiger partial charge in [0.2, 0.25) is 0 Å². The van der Waals surface area contributed by atoms with E-state index in [1.807, 2.05) is 0 Å². The maximum Gasteiger partial charge on any atom is 0.397 e. The van der Waals surface area contributed by atoms with Crippen molar-refractivity contribution in [2.24, 2.45) is 0 Å². The van der Waals surface area contributed by atoms with E-state index in [-0.39, 0.29) is 65.5 Å². The van der Waals surface area contributed by atoms with Crippen molar-refractivity contribution in [1.82, 2.24) is 0 Å². The van der Waals surface area contributed by atoms with Gasteiger partial charge in [0.1, 0.15) is 0 Å². The van der Waals surface area contributed by atoms with Crippen LogP contribution in [-0.2, 0) is 19.4 Å². The summed E-state index contributed by atoms with van der Waals surface area (Å²) in [5.41, 5.74) is 0. The predicted molar refractivity (Wildman–Crippen MR) is 110 cm³/mol. The Morgan fingerprint density at radius 2 is 1.22 bits per heavy atom. The third-order valence-electron chi connectivity index (χ3n) is 4.30. The third-order valence-corrected chi connectivity index (χ3v) is 4.82. The minimum absolute atomic E-state index is 0. The maximum absolute atomic E-state index is 11.0. The van der Waals surface area contributed by atoms with Crippen LogP contribution in [0.25, 0.3) is 0 Å². The number of rotatable bonds is 18. The molecule has 0 aliphatic heterocycles. The van der Waals surface area contributed by atoms with Crippen LogP contribution < -0.4 is 0 Å². The number of carboxylic acid groups (broad SMARTS) is 1. The second-order valence-corrected chi connectivity index (χ2v) is 7.80. The number of hydrogen-bond donors (Lipinski definition) is 2. The quantitative estimate of drug-likeness (QED) is 0.192. The van der Waals surface area contributed by atoms with Gasteiger partial charge in [-0.2, -0.15) is 8.42 Å². The van der Waals surface area contributed by atoms with E-state index in [1.54, 1.807) is 0 Å². The van der Waals surface area contributed by atoms with E-state index in [4.69, 9.17) is 13.8 Å². The van der Waals surface area contributed by atoms with Gasteiger partial charge in [-0.1, -0.05) is 77.6 Å². The Balaban J connectivity index is -0.00000288. The van der Waals surface area contributed by atoms with Crippen molar-refractivity contribution in [3.8, 4) is 0 Å². The summed E-state index contributed by atoms with van der Waals surface area (Å²) in [6.45, 7) is 2.18. The molecule has 0 saturated heterocycles. The smallest absolute Gasteiger partial charge is 0.397 e. The first-order valence-corrected chi connectivity index (χ1v) is 11.1. The van der Waals surface area contributed by atoms with Gasteiger partial charge < -0.3 is 5.11 Å². The fourth-order valence-corrected chi connectivity index (χ4v) is 3.46. The molecule has 1 atom stereocenters. The molecular weight excluding hydrogens is 390 g/mol. The number of carboxylic acids is 1. The Hall–Kier alpha value is 1.34. The Morgan fingerprint density at radius 1 is 0.815 bits per heavy atom. The Labute approximate surface area is 210 Å². The van der Waals surface area contributed by atoms with Crippen LogP contribution in [0.15, 0.2) is 0 Å². The summed E-state index contributed by atoms with van der Waals surface area (Å²) in [6, 6.07) is 0. The second-order valence-electron chi connectivity index (χ2n) is 6.76. The van der Waals surface area contributed by atoms with E-state index in [9.17, 15) is 13.2 Å². The Kier molecular flexibility index (Phi) is 26.9. The molecule has 0 bridgehead atoms. The van der Waals surface area contributed by atoms with Crippen molar-refractivity contribution in [1.29, 1.82) is 0 Å². The average molecular weight is 427 g/mol. The zero-order chi connectivity index (χ0) is 19.0. The molecule has 0 spiro atoms. The van der Waals surface area contributed by atoms with E-state index in [2.05, 4.69) is 6.92 Å². The fourth-order valence-electron chi connectivity index (χ4n) is 2.92. The standard InChI is InChI=1S/C18H36O6S.2Na/c1-2-3-4-5-6-8-11-14-17(24-25(21,22)23)15-12-9-7-10-13-16-18(19)20;;/h17H,2-16H2,1H3,(H,19,20)(H,21,22,23);;. The molecule has 0 aromatic carbocycles. The van der Waals surface area contributed by atoms with Gasteiger partial charge in [0.05, 0.1) is 6.10 Å². The van der Waals surface area contributed by atoms with Gasteiger partial charge in [-0.25, -0.2) is 4.18 Å². The van der Waals surface area contributed by atoms with Crippen LogP contribution in [0.3, 0.4) is 0 Å². The topological polar surface area (TPSA) is 101 Å². The minimum atomic E-state index is -4.40. The summed E-state index contributed by atoms with van der Waals surface area (Å²) in [4.78, 5) is 10.4. The monoisotopic (exact) mass is 426 g/mol. The van der Waals surface area contributed by atoms with Crippen molar-refractivity contribution in [3.63, 3.8) is 0 Å². The zero-order valence-electron chi connectivity index (χ0n) is 17.6. The van der Waals surface area contributed by atoms with Gasteiger partial charge in [0.15, 0.2) is 0 Å². The molecular formula is C18H36Na2O6S. The van der Waals surface area contributed by atoms with Gasteiger partial charge >= 0.3 is 16.4 Å². The number of aliphatic carboxylic acids is 1. The first-order chi connectivity index (χ1) is 11.8. The van der Waals surface area contributed by atoms with Crippen LogP contribution in [0.2, 0.25) is 0 Å². The third kappa shape index (κ3) is 27.3. The second kappa shape index (κ2) is 22.0. The summed E-state index contributed by atoms with van der Waals surface area (Å²) >= 11 is 0. The average Bonchev–Trinajstić information content (AvgIpc) is 2.51. The van der Waals surface area contributed by atoms with E-state index in [1.165, 1.54) is 25.7 Å². The van der Waals surface area contributed by atoms with Crippen LogP contribution in [0.1, 0.15) is 103 Å². The molecule has 0 aliphatic rings. The Bertz CT molecular complexity index is 432. The van der Waals surface area contributed by atoms with Crippen molar-refractivity contribution in [2.45, 2.75) is 109 Å². The van der Waals surface area contributed by atoms with Crippen molar-refractivity contribution >= 4 is 75.5 Å². The molecule has 2 N–H and O–H groups in total. The van der Waals surface area contributed by atoms with E-state index in [0.717, 1.165) is 44.9 Å². The molecule has 0 aliphatic carbocycles. The summed E-state index contributed by atoms with van der Waals surface area (Å²) < 4.78 is 35.6.